The van der Waals surface area contributed by atoms with Crippen molar-refractivity contribution in [3.8, 4) is 0 Å². The number of carbonyl (C=O) groups excluding carboxylic acids is 2. The molecule has 24 heavy (non-hydrogen) atoms. The van der Waals surface area contributed by atoms with Crippen molar-refractivity contribution >= 4 is 23.5 Å². The fourth-order valence-corrected chi connectivity index (χ4v) is 3.04. The average molecular weight is 318 g/mol. The van der Waals surface area contributed by atoms with E-state index in [0.29, 0.717) is 0 Å². The van der Waals surface area contributed by atoms with E-state index in [4.69, 9.17) is 9.47 Å². The zero-order valence-corrected chi connectivity index (χ0v) is 13.3. The molecule has 0 saturated heterocycles. The highest BCUT2D eigenvalue weighted by Gasteiger charge is 2.45. The van der Waals surface area contributed by atoms with Crippen LogP contribution in [-0.4, -0.2) is 11.9 Å². The molecule has 4 heteroatoms. The summed E-state index contributed by atoms with van der Waals surface area (Å²) in [5.74, 6) is -0.539. The van der Waals surface area contributed by atoms with Crippen molar-refractivity contribution in [3.05, 3.63) is 81.9 Å². The van der Waals surface area contributed by atoms with E-state index in [1.807, 2.05) is 62.4 Å². The van der Waals surface area contributed by atoms with E-state index < -0.39 is 11.9 Å². The third kappa shape index (κ3) is 2.00. The minimum atomic E-state index is -0.549. The maximum absolute atomic E-state index is 12.4. The highest BCUT2D eigenvalue weighted by atomic mass is 16.6. The van der Waals surface area contributed by atoms with Crippen molar-refractivity contribution in [2.75, 3.05) is 0 Å². The highest BCUT2D eigenvalue weighted by molar-refractivity contribution is 6.24. The first-order chi connectivity index (χ1) is 11.6. The Morgan fingerprint density at radius 1 is 0.625 bits per heavy atom. The third-order valence-corrected chi connectivity index (χ3v) is 4.28. The van der Waals surface area contributed by atoms with Crippen LogP contribution in [0.25, 0.3) is 11.5 Å². The van der Waals surface area contributed by atoms with Crippen LogP contribution in [-0.2, 0) is 19.1 Å². The Morgan fingerprint density at radius 3 is 1.38 bits per heavy atom. The maximum atomic E-state index is 12.4. The zero-order valence-electron chi connectivity index (χ0n) is 13.3. The van der Waals surface area contributed by atoms with Gasteiger partial charge in [-0.1, -0.05) is 48.5 Å². The van der Waals surface area contributed by atoms with Gasteiger partial charge >= 0.3 is 11.9 Å². The summed E-state index contributed by atoms with van der Waals surface area (Å²) >= 11 is 0. The minimum absolute atomic E-state index is 0.215. The molecule has 4 nitrogen and oxygen atoms in total. The van der Waals surface area contributed by atoms with Gasteiger partial charge < -0.3 is 9.47 Å². The van der Waals surface area contributed by atoms with E-state index in [1.165, 1.54) is 0 Å². The van der Waals surface area contributed by atoms with Gasteiger partial charge in [-0.25, -0.2) is 9.59 Å². The first-order valence-electron chi connectivity index (χ1n) is 7.63. The second kappa shape index (κ2) is 5.20. The molecule has 0 radical (unpaired) electrons. The van der Waals surface area contributed by atoms with Gasteiger partial charge in [-0.3, -0.25) is 0 Å². The van der Waals surface area contributed by atoms with Gasteiger partial charge in [-0.2, -0.15) is 0 Å². The summed E-state index contributed by atoms with van der Waals surface area (Å²) in [5.41, 5.74) is 3.72. The van der Waals surface area contributed by atoms with Gasteiger partial charge in [0, 0.05) is 11.1 Å². The van der Waals surface area contributed by atoms with Crippen LogP contribution in [0.3, 0.4) is 0 Å². The second-order valence-electron chi connectivity index (χ2n) is 5.82. The van der Waals surface area contributed by atoms with Gasteiger partial charge in [0.15, 0.2) is 11.5 Å². The van der Waals surface area contributed by atoms with Crippen LogP contribution in [0.2, 0.25) is 0 Å². The van der Waals surface area contributed by atoms with E-state index >= 15 is 0 Å². The lowest BCUT2D eigenvalue weighted by atomic mass is 9.98. The van der Waals surface area contributed by atoms with Gasteiger partial charge in [0.05, 0.1) is 0 Å². The summed E-state index contributed by atoms with van der Waals surface area (Å²) in [7, 11) is 0. The Kier molecular flexibility index (Phi) is 3.13. The number of ether oxygens (including phenoxy) is 2. The first-order valence-corrected chi connectivity index (χ1v) is 7.63. The molecule has 2 aliphatic rings. The van der Waals surface area contributed by atoms with Crippen molar-refractivity contribution in [2.24, 2.45) is 0 Å². The summed E-state index contributed by atoms with van der Waals surface area (Å²) in [5, 5.41) is 0. The summed E-state index contributed by atoms with van der Waals surface area (Å²) < 4.78 is 10.9. The summed E-state index contributed by atoms with van der Waals surface area (Å²) in [6, 6.07) is 14.9. The van der Waals surface area contributed by atoms with E-state index in [9.17, 15) is 9.59 Å². The second-order valence-corrected chi connectivity index (χ2v) is 5.82. The maximum Gasteiger partial charge on any atom is 0.348 e. The molecule has 0 amide bonds. The van der Waals surface area contributed by atoms with Crippen molar-refractivity contribution in [3.63, 3.8) is 0 Å². The Morgan fingerprint density at radius 2 is 1.00 bits per heavy atom. The molecule has 0 aromatic heterocycles. The molecule has 0 fully saturated rings. The number of rotatable bonds is 2. The quantitative estimate of drug-likeness (QED) is 0.795. The molecule has 0 bridgehead atoms. The smallest absolute Gasteiger partial charge is 0.348 e. The molecule has 2 aromatic carbocycles. The molecule has 0 spiro atoms. The van der Waals surface area contributed by atoms with Crippen molar-refractivity contribution in [2.45, 2.75) is 13.8 Å². The van der Waals surface area contributed by atoms with Crippen LogP contribution in [0.15, 0.2) is 59.7 Å². The summed E-state index contributed by atoms with van der Waals surface area (Å²) in [4.78, 5) is 24.9. The standard InChI is InChI=1S/C20H14O4/c1-11-7-3-5-9-13(11)17-15-16(20(22)23-17)18(24-19(15)21)14-10-6-4-8-12(14)2/h3-10H,1-2H3. The normalized spacial score (nSPS) is 16.4. The van der Waals surface area contributed by atoms with E-state index in [1.54, 1.807) is 0 Å². The number of benzene rings is 2. The molecule has 2 heterocycles. The van der Waals surface area contributed by atoms with Crippen LogP contribution < -0.4 is 0 Å². The fraction of sp³-hybridized carbons (Fsp3) is 0.100. The number of hydrogen-bond donors (Lipinski definition) is 0. The largest absolute Gasteiger partial charge is 0.421 e. The average Bonchev–Trinajstić information content (AvgIpc) is 3.08. The van der Waals surface area contributed by atoms with E-state index in [0.717, 1.165) is 22.3 Å². The highest BCUT2D eigenvalue weighted by Crippen LogP contribution is 2.44. The van der Waals surface area contributed by atoms with Gasteiger partial charge in [0.2, 0.25) is 0 Å². The Bertz CT molecular complexity index is 884. The Hall–Kier alpha value is -3.14. The molecular formula is C20H14O4. The predicted octanol–water partition coefficient (Wildman–Crippen LogP) is 3.54. The monoisotopic (exact) mass is 318 g/mol. The minimum Gasteiger partial charge on any atom is -0.421 e. The molecular weight excluding hydrogens is 304 g/mol. The zero-order chi connectivity index (χ0) is 16.8. The van der Waals surface area contributed by atoms with Crippen LogP contribution in [0.4, 0.5) is 0 Å². The van der Waals surface area contributed by atoms with Crippen LogP contribution in [0.1, 0.15) is 22.3 Å². The van der Waals surface area contributed by atoms with Crippen LogP contribution >= 0.6 is 0 Å². The lowest BCUT2D eigenvalue weighted by molar-refractivity contribution is -0.131. The molecule has 0 N–H and O–H groups in total. The molecule has 0 unspecified atom stereocenters. The van der Waals surface area contributed by atoms with Crippen LogP contribution in [0, 0.1) is 13.8 Å². The fourth-order valence-electron chi connectivity index (χ4n) is 3.04. The molecule has 4 rings (SSSR count). The van der Waals surface area contributed by atoms with Crippen molar-refractivity contribution < 1.29 is 19.1 Å². The number of aryl methyl sites for hydroxylation is 2. The number of carbonyl (C=O) groups is 2. The lowest BCUT2D eigenvalue weighted by Gasteiger charge is -2.09. The van der Waals surface area contributed by atoms with Gasteiger partial charge in [-0.15, -0.1) is 0 Å². The summed E-state index contributed by atoms with van der Waals surface area (Å²) in [6.45, 7) is 3.81. The van der Waals surface area contributed by atoms with Crippen molar-refractivity contribution in [1.82, 2.24) is 0 Å². The van der Waals surface area contributed by atoms with Crippen molar-refractivity contribution in [1.29, 1.82) is 0 Å². The Labute approximate surface area is 139 Å². The molecule has 0 saturated carbocycles. The topological polar surface area (TPSA) is 52.6 Å². The van der Waals surface area contributed by atoms with Crippen LogP contribution in [0.5, 0.6) is 0 Å². The molecule has 0 aliphatic carbocycles. The van der Waals surface area contributed by atoms with Gasteiger partial charge in [-0.05, 0) is 25.0 Å². The number of cyclic esters (lactones) is 2. The molecule has 118 valence electrons. The first kappa shape index (κ1) is 14.5. The van der Waals surface area contributed by atoms with E-state index in [-0.39, 0.29) is 22.7 Å². The SMILES string of the molecule is Cc1ccccc1C1=C2C(=O)OC(c3ccccc3C)=C2C(=O)O1. The molecule has 2 aromatic rings. The van der Waals surface area contributed by atoms with Gasteiger partial charge in [0.1, 0.15) is 11.1 Å². The number of hydrogen-bond acceptors (Lipinski definition) is 4. The number of fused-ring (bicyclic) bond motifs is 1. The predicted molar refractivity (Wildman–Crippen MR) is 88.4 cm³/mol. The lowest BCUT2D eigenvalue weighted by Crippen LogP contribution is -2.02. The summed E-state index contributed by atoms with van der Waals surface area (Å²) in [6.07, 6.45) is 0. The Balaban J connectivity index is 1.96. The van der Waals surface area contributed by atoms with Gasteiger partial charge in [0.25, 0.3) is 0 Å². The molecule has 2 aliphatic heterocycles. The number of esters is 2. The third-order valence-electron chi connectivity index (χ3n) is 4.28. The van der Waals surface area contributed by atoms with E-state index in [2.05, 4.69) is 0 Å². The molecule has 0 atom stereocenters.